The maximum Gasteiger partial charge on any atom is 0.255 e. The van der Waals surface area contributed by atoms with Gasteiger partial charge in [0, 0.05) is 12.2 Å². The summed E-state index contributed by atoms with van der Waals surface area (Å²) in [4.78, 5) is 16.4. The number of amides is 1. The number of hydrogen-bond acceptors (Lipinski definition) is 5. The molecule has 0 saturated heterocycles. The van der Waals surface area contributed by atoms with Crippen LogP contribution >= 0.6 is 0 Å². The fraction of sp³-hybridized carbons (Fsp3) is 0.143. The van der Waals surface area contributed by atoms with E-state index < -0.39 is 0 Å². The second-order valence-corrected chi connectivity index (χ2v) is 5.96. The first kappa shape index (κ1) is 18.3. The highest BCUT2D eigenvalue weighted by atomic mass is 16.5. The molecular formula is C21H21N3O3. The smallest absolute Gasteiger partial charge is 0.255 e. The quantitative estimate of drug-likeness (QED) is 0.697. The van der Waals surface area contributed by atoms with E-state index in [9.17, 15) is 4.79 Å². The fourth-order valence-electron chi connectivity index (χ4n) is 2.55. The average Bonchev–Trinajstić information content (AvgIpc) is 2.67. The molecule has 138 valence electrons. The number of anilines is 1. The molecule has 0 unspecified atom stereocenters. The number of pyridine rings is 1. The van der Waals surface area contributed by atoms with E-state index in [4.69, 9.17) is 15.2 Å². The minimum absolute atomic E-state index is 0.230. The number of aryl methyl sites for hydroxylation is 1. The third-order valence-electron chi connectivity index (χ3n) is 3.98. The molecule has 3 N–H and O–H groups in total. The molecule has 3 rings (SSSR count). The molecule has 0 fully saturated rings. The van der Waals surface area contributed by atoms with Gasteiger partial charge in [-0.2, -0.15) is 0 Å². The van der Waals surface area contributed by atoms with Gasteiger partial charge in [-0.05, 0) is 48.9 Å². The van der Waals surface area contributed by atoms with Crippen molar-refractivity contribution in [3.8, 4) is 17.2 Å². The molecule has 0 aliphatic heterocycles. The summed E-state index contributed by atoms with van der Waals surface area (Å²) in [6.07, 6.45) is 0. The van der Waals surface area contributed by atoms with Crippen LogP contribution in [0.3, 0.4) is 0 Å². The molecule has 0 radical (unpaired) electrons. The van der Waals surface area contributed by atoms with Gasteiger partial charge in [0.1, 0.15) is 11.6 Å². The van der Waals surface area contributed by atoms with Crippen LogP contribution in [0.25, 0.3) is 0 Å². The van der Waals surface area contributed by atoms with Crippen LogP contribution in [0.1, 0.15) is 21.6 Å². The van der Waals surface area contributed by atoms with E-state index in [1.807, 2.05) is 55.5 Å². The lowest BCUT2D eigenvalue weighted by molar-refractivity contribution is 0.0951. The number of carbonyl (C=O) groups excluding carboxylic acids is 1. The van der Waals surface area contributed by atoms with Gasteiger partial charge in [-0.1, -0.05) is 24.3 Å². The third-order valence-corrected chi connectivity index (χ3v) is 3.98. The van der Waals surface area contributed by atoms with Crippen molar-refractivity contribution >= 4 is 11.7 Å². The molecule has 3 aromatic rings. The second-order valence-electron chi connectivity index (χ2n) is 5.96. The van der Waals surface area contributed by atoms with Crippen molar-refractivity contribution in [3.05, 3.63) is 77.5 Å². The molecule has 6 heteroatoms. The van der Waals surface area contributed by atoms with Gasteiger partial charge in [0.25, 0.3) is 5.91 Å². The van der Waals surface area contributed by atoms with E-state index in [1.165, 1.54) is 0 Å². The summed E-state index contributed by atoms with van der Waals surface area (Å²) in [5, 5.41) is 2.84. The molecule has 27 heavy (non-hydrogen) atoms. The number of para-hydroxylation sites is 2. The summed E-state index contributed by atoms with van der Waals surface area (Å²) in [6.45, 7) is 2.20. The molecule has 0 bridgehead atoms. The molecule has 6 nitrogen and oxygen atoms in total. The van der Waals surface area contributed by atoms with Crippen LogP contribution in [-0.4, -0.2) is 18.0 Å². The summed E-state index contributed by atoms with van der Waals surface area (Å²) in [5.41, 5.74) is 7.89. The molecule has 0 atom stereocenters. The van der Waals surface area contributed by atoms with Crippen LogP contribution in [0, 0.1) is 6.92 Å². The lowest BCUT2D eigenvalue weighted by Crippen LogP contribution is -2.24. The van der Waals surface area contributed by atoms with E-state index in [0.717, 1.165) is 11.3 Å². The first-order chi connectivity index (χ1) is 13.1. The van der Waals surface area contributed by atoms with Gasteiger partial charge < -0.3 is 20.5 Å². The van der Waals surface area contributed by atoms with Crippen molar-refractivity contribution in [1.29, 1.82) is 0 Å². The van der Waals surface area contributed by atoms with Gasteiger partial charge in [0.2, 0.25) is 0 Å². The number of carbonyl (C=O) groups is 1. The number of methoxy groups -OCH3 is 1. The number of ether oxygens (including phenoxy) is 2. The summed E-state index contributed by atoms with van der Waals surface area (Å²) in [6, 6.07) is 18.3. The number of nitrogen functional groups attached to an aromatic ring is 1. The zero-order valence-corrected chi connectivity index (χ0v) is 15.2. The van der Waals surface area contributed by atoms with Crippen molar-refractivity contribution in [3.63, 3.8) is 0 Å². The highest BCUT2D eigenvalue weighted by Gasteiger charge is 2.10. The highest BCUT2D eigenvalue weighted by molar-refractivity contribution is 5.98. The maximum atomic E-state index is 12.3. The average molecular weight is 363 g/mol. The fourth-order valence-corrected chi connectivity index (χ4v) is 2.55. The topological polar surface area (TPSA) is 86.5 Å². The van der Waals surface area contributed by atoms with Crippen LogP contribution in [0.15, 0.2) is 60.7 Å². The summed E-state index contributed by atoms with van der Waals surface area (Å²) in [7, 11) is 1.60. The molecule has 1 heterocycles. The number of hydrogen-bond donors (Lipinski definition) is 2. The van der Waals surface area contributed by atoms with Crippen LogP contribution < -0.4 is 20.5 Å². The lowest BCUT2D eigenvalue weighted by Gasteiger charge is -2.11. The normalized spacial score (nSPS) is 10.3. The van der Waals surface area contributed by atoms with Crippen molar-refractivity contribution in [2.75, 3.05) is 12.8 Å². The zero-order valence-electron chi connectivity index (χ0n) is 15.2. The maximum absolute atomic E-state index is 12.3. The zero-order chi connectivity index (χ0) is 19.2. The van der Waals surface area contributed by atoms with Gasteiger partial charge in [-0.3, -0.25) is 4.79 Å². The van der Waals surface area contributed by atoms with E-state index >= 15 is 0 Å². The van der Waals surface area contributed by atoms with Crippen molar-refractivity contribution < 1.29 is 14.3 Å². The Bertz CT molecular complexity index is 940. The van der Waals surface area contributed by atoms with Gasteiger partial charge in [-0.15, -0.1) is 0 Å². The van der Waals surface area contributed by atoms with E-state index in [2.05, 4.69) is 10.3 Å². The molecule has 0 aliphatic rings. The summed E-state index contributed by atoms with van der Waals surface area (Å²) in [5.74, 6) is 1.96. The minimum atomic E-state index is -0.255. The Morgan fingerprint density at radius 1 is 1.04 bits per heavy atom. The van der Waals surface area contributed by atoms with Crippen LogP contribution in [-0.2, 0) is 6.54 Å². The van der Waals surface area contributed by atoms with Crippen molar-refractivity contribution in [2.45, 2.75) is 13.5 Å². The Morgan fingerprint density at radius 3 is 2.41 bits per heavy atom. The molecule has 1 amide bonds. The molecule has 1 aromatic heterocycles. The van der Waals surface area contributed by atoms with E-state index in [-0.39, 0.29) is 11.7 Å². The number of nitrogens with two attached hydrogens (primary N) is 1. The molecule has 0 aliphatic carbocycles. The number of benzene rings is 2. The Labute approximate surface area is 158 Å². The van der Waals surface area contributed by atoms with Gasteiger partial charge in [-0.25, -0.2) is 4.98 Å². The number of nitrogens with one attached hydrogen (secondary N) is 1. The monoisotopic (exact) mass is 363 g/mol. The van der Waals surface area contributed by atoms with Crippen molar-refractivity contribution in [1.82, 2.24) is 10.3 Å². The van der Waals surface area contributed by atoms with Crippen LogP contribution in [0.5, 0.6) is 17.2 Å². The Hall–Kier alpha value is -3.54. The number of nitrogens with zero attached hydrogens (tertiary/aromatic N) is 1. The standard InChI is InChI=1S/C21H21N3O3/c1-14-7-12-17(20(22)24-14)21(25)23-13-15-8-10-16(11-9-15)27-19-6-4-3-5-18(19)26-2/h3-12H,13H2,1-2H3,(H2,22,24)(H,23,25). The molecular weight excluding hydrogens is 342 g/mol. The Morgan fingerprint density at radius 2 is 1.74 bits per heavy atom. The first-order valence-electron chi connectivity index (χ1n) is 8.48. The van der Waals surface area contributed by atoms with E-state index in [0.29, 0.717) is 29.4 Å². The molecule has 0 saturated carbocycles. The van der Waals surface area contributed by atoms with Crippen molar-refractivity contribution in [2.24, 2.45) is 0 Å². The van der Waals surface area contributed by atoms with Gasteiger partial charge >= 0.3 is 0 Å². The largest absolute Gasteiger partial charge is 0.493 e. The third kappa shape index (κ3) is 4.55. The van der Waals surface area contributed by atoms with Crippen LogP contribution in [0.4, 0.5) is 5.82 Å². The van der Waals surface area contributed by atoms with E-state index in [1.54, 1.807) is 19.2 Å². The Balaban J connectivity index is 1.61. The summed E-state index contributed by atoms with van der Waals surface area (Å²) >= 11 is 0. The predicted molar refractivity (Wildman–Crippen MR) is 104 cm³/mol. The number of aromatic nitrogens is 1. The second kappa shape index (κ2) is 8.23. The lowest BCUT2D eigenvalue weighted by atomic mass is 10.2. The Kier molecular flexibility index (Phi) is 5.56. The van der Waals surface area contributed by atoms with Gasteiger partial charge in [0.15, 0.2) is 11.5 Å². The summed E-state index contributed by atoms with van der Waals surface area (Å²) < 4.78 is 11.1. The predicted octanol–water partition coefficient (Wildman–Crippen LogP) is 3.70. The number of rotatable bonds is 6. The first-order valence-corrected chi connectivity index (χ1v) is 8.48. The van der Waals surface area contributed by atoms with Crippen LogP contribution in [0.2, 0.25) is 0 Å². The highest BCUT2D eigenvalue weighted by Crippen LogP contribution is 2.30. The SMILES string of the molecule is COc1ccccc1Oc1ccc(CNC(=O)c2ccc(C)nc2N)cc1. The molecule has 2 aromatic carbocycles. The molecule has 0 spiro atoms. The minimum Gasteiger partial charge on any atom is -0.493 e. The van der Waals surface area contributed by atoms with Gasteiger partial charge in [0.05, 0.1) is 12.7 Å².